The molecule has 0 aromatic carbocycles. The van der Waals surface area contributed by atoms with Crippen molar-refractivity contribution >= 4 is 22.6 Å². The molecule has 0 radical (unpaired) electrons. The molecule has 0 aliphatic carbocycles. The molecule has 0 aliphatic rings. The van der Waals surface area contributed by atoms with E-state index in [-0.39, 0.29) is 0 Å². The first-order chi connectivity index (χ1) is 8.25. The van der Waals surface area contributed by atoms with Crippen LogP contribution in [0.5, 0.6) is 0 Å². The number of nitrogens with zero attached hydrogens (tertiary/aromatic N) is 5. The van der Waals surface area contributed by atoms with Gasteiger partial charge in [-0.05, 0) is 19.1 Å². The number of aryl methyl sites for hydroxylation is 1. The van der Waals surface area contributed by atoms with Crippen LogP contribution < -0.4 is 0 Å². The molecule has 0 aliphatic heterocycles. The van der Waals surface area contributed by atoms with E-state index in [1.54, 1.807) is 30.2 Å². The third kappa shape index (κ3) is 1.64. The molecule has 0 N–H and O–H groups in total. The van der Waals surface area contributed by atoms with Crippen molar-refractivity contribution in [2.45, 2.75) is 6.92 Å². The Kier molecular flexibility index (Phi) is 2.26. The van der Waals surface area contributed by atoms with Gasteiger partial charge in [0.2, 0.25) is 0 Å². The summed E-state index contributed by atoms with van der Waals surface area (Å²) in [5.41, 5.74) is 1.60. The Balaban J connectivity index is 2.32. The van der Waals surface area contributed by atoms with E-state index in [2.05, 4.69) is 20.1 Å². The van der Waals surface area contributed by atoms with Crippen LogP contribution in [0.4, 0.5) is 0 Å². The Morgan fingerprint density at radius 2 is 1.94 bits per heavy atom. The van der Waals surface area contributed by atoms with Crippen molar-refractivity contribution in [1.82, 2.24) is 24.7 Å². The highest BCUT2D eigenvalue weighted by molar-refractivity contribution is 6.33. The Morgan fingerprint density at radius 3 is 2.71 bits per heavy atom. The summed E-state index contributed by atoms with van der Waals surface area (Å²) < 4.78 is 1.72. The van der Waals surface area contributed by atoms with E-state index >= 15 is 0 Å². The lowest BCUT2D eigenvalue weighted by molar-refractivity contribution is 0.887. The summed E-state index contributed by atoms with van der Waals surface area (Å²) in [5.74, 6) is 0.623. The lowest BCUT2D eigenvalue weighted by Gasteiger charge is -2.02. The number of pyridine rings is 1. The van der Waals surface area contributed by atoms with E-state index in [0.29, 0.717) is 16.6 Å². The Hall–Kier alpha value is -2.01. The Morgan fingerprint density at radius 1 is 1.18 bits per heavy atom. The second-order valence-electron chi connectivity index (χ2n) is 3.56. The van der Waals surface area contributed by atoms with Crippen LogP contribution in [0, 0.1) is 6.92 Å². The molecule has 3 aromatic rings. The minimum atomic E-state index is 0.424. The molecule has 0 amide bonds. The van der Waals surface area contributed by atoms with Crippen LogP contribution in [0.15, 0.2) is 30.7 Å². The second-order valence-corrected chi connectivity index (χ2v) is 3.92. The van der Waals surface area contributed by atoms with Gasteiger partial charge in [-0.15, -0.1) is 0 Å². The van der Waals surface area contributed by atoms with Gasteiger partial charge in [-0.3, -0.25) is 4.98 Å². The summed E-state index contributed by atoms with van der Waals surface area (Å²) in [4.78, 5) is 12.4. The molecule has 0 atom stereocenters. The van der Waals surface area contributed by atoms with Crippen LogP contribution in [0.25, 0.3) is 16.7 Å². The summed E-state index contributed by atoms with van der Waals surface area (Å²) in [6, 6.07) is 3.72. The molecule has 5 nitrogen and oxygen atoms in total. The molecule has 3 heterocycles. The lowest BCUT2D eigenvalue weighted by Crippen LogP contribution is -1.99. The van der Waals surface area contributed by atoms with Gasteiger partial charge >= 0.3 is 0 Å². The van der Waals surface area contributed by atoms with Crippen molar-refractivity contribution < 1.29 is 0 Å². The predicted octanol–water partition coefficient (Wildman–Crippen LogP) is 2.17. The van der Waals surface area contributed by atoms with E-state index < -0.39 is 0 Å². The number of halogens is 1. The monoisotopic (exact) mass is 245 g/mol. The summed E-state index contributed by atoms with van der Waals surface area (Å²) in [7, 11) is 0. The van der Waals surface area contributed by atoms with E-state index in [1.165, 1.54) is 0 Å². The zero-order valence-corrected chi connectivity index (χ0v) is 9.76. The number of hydrogen-bond acceptors (Lipinski definition) is 4. The van der Waals surface area contributed by atoms with Crippen molar-refractivity contribution in [3.8, 4) is 5.69 Å². The average molecular weight is 246 g/mol. The van der Waals surface area contributed by atoms with Gasteiger partial charge in [0, 0.05) is 12.4 Å². The normalized spacial score (nSPS) is 10.9. The van der Waals surface area contributed by atoms with Gasteiger partial charge in [-0.1, -0.05) is 11.6 Å². The molecule has 84 valence electrons. The van der Waals surface area contributed by atoms with Crippen LogP contribution in [0.3, 0.4) is 0 Å². The number of fused-ring (bicyclic) bond motifs is 1. The maximum atomic E-state index is 6.05. The molecule has 0 unspecified atom stereocenters. The lowest BCUT2D eigenvalue weighted by atomic mass is 10.4. The molecular weight excluding hydrogens is 238 g/mol. The summed E-state index contributed by atoms with van der Waals surface area (Å²) >= 11 is 6.05. The topological polar surface area (TPSA) is 56.5 Å². The van der Waals surface area contributed by atoms with Crippen LogP contribution in [-0.4, -0.2) is 24.7 Å². The van der Waals surface area contributed by atoms with Crippen molar-refractivity contribution in [3.05, 3.63) is 41.7 Å². The average Bonchev–Trinajstić information content (AvgIpc) is 2.74. The molecule has 6 heteroatoms. The molecule has 0 saturated heterocycles. The first-order valence-corrected chi connectivity index (χ1v) is 5.42. The zero-order chi connectivity index (χ0) is 11.8. The van der Waals surface area contributed by atoms with Gasteiger partial charge in [0.15, 0.2) is 5.65 Å². The molecule has 0 bridgehead atoms. The Labute approximate surface area is 102 Å². The Bertz CT molecular complexity index is 677. The quantitative estimate of drug-likeness (QED) is 0.617. The molecule has 3 rings (SSSR count). The highest BCUT2D eigenvalue weighted by atomic mass is 35.5. The molecule has 0 fully saturated rings. The number of aromatic nitrogens is 5. The third-order valence-corrected chi connectivity index (χ3v) is 2.69. The van der Waals surface area contributed by atoms with Gasteiger partial charge in [0.05, 0.1) is 17.3 Å². The second kappa shape index (κ2) is 3.78. The molecule has 3 aromatic heterocycles. The number of rotatable bonds is 1. The van der Waals surface area contributed by atoms with Gasteiger partial charge < -0.3 is 0 Å². The smallest absolute Gasteiger partial charge is 0.168 e. The van der Waals surface area contributed by atoms with Gasteiger partial charge in [-0.25, -0.2) is 14.6 Å². The van der Waals surface area contributed by atoms with Crippen molar-refractivity contribution in [2.75, 3.05) is 0 Å². The fourth-order valence-electron chi connectivity index (χ4n) is 1.65. The molecular formula is C11H8ClN5. The SMILES string of the molecule is Cc1nc(Cl)c2cnn(-c3ccncc3)c2n1. The predicted molar refractivity (Wildman–Crippen MR) is 64.2 cm³/mol. The van der Waals surface area contributed by atoms with E-state index in [4.69, 9.17) is 11.6 Å². The van der Waals surface area contributed by atoms with Crippen molar-refractivity contribution in [2.24, 2.45) is 0 Å². The molecule has 0 spiro atoms. The highest BCUT2D eigenvalue weighted by Gasteiger charge is 2.10. The van der Waals surface area contributed by atoms with Crippen LogP contribution in [0.2, 0.25) is 5.15 Å². The van der Waals surface area contributed by atoms with E-state index in [0.717, 1.165) is 11.1 Å². The van der Waals surface area contributed by atoms with Crippen molar-refractivity contribution in [3.63, 3.8) is 0 Å². The van der Waals surface area contributed by atoms with E-state index in [9.17, 15) is 0 Å². The van der Waals surface area contributed by atoms with Crippen LogP contribution in [0.1, 0.15) is 5.82 Å². The highest BCUT2D eigenvalue weighted by Crippen LogP contribution is 2.21. The van der Waals surface area contributed by atoms with Gasteiger partial charge in [0.1, 0.15) is 11.0 Å². The third-order valence-electron chi connectivity index (χ3n) is 2.40. The summed E-state index contributed by atoms with van der Waals surface area (Å²) in [5, 5.41) is 5.44. The minimum absolute atomic E-state index is 0.424. The van der Waals surface area contributed by atoms with Crippen molar-refractivity contribution in [1.29, 1.82) is 0 Å². The van der Waals surface area contributed by atoms with E-state index in [1.807, 2.05) is 12.1 Å². The fourth-order valence-corrected chi connectivity index (χ4v) is 1.91. The first kappa shape index (κ1) is 10.2. The van der Waals surface area contributed by atoms with Crippen LogP contribution in [-0.2, 0) is 0 Å². The summed E-state index contributed by atoms with van der Waals surface area (Å²) in [6.07, 6.45) is 5.08. The van der Waals surface area contributed by atoms with Crippen LogP contribution >= 0.6 is 11.6 Å². The maximum Gasteiger partial charge on any atom is 0.168 e. The summed E-state index contributed by atoms with van der Waals surface area (Å²) in [6.45, 7) is 1.80. The van der Waals surface area contributed by atoms with Gasteiger partial charge in [-0.2, -0.15) is 5.10 Å². The first-order valence-electron chi connectivity index (χ1n) is 5.04. The largest absolute Gasteiger partial charge is 0.265 e. The zero-order valence-electron chi connectivity index (χ0n) is 9.00. The fraction of sp³-hybridized carbons (Fsp3) is 0.0909. The standard InChI is InChI=1S/C11H8ClN5/c1-7-15-10(12)9-6-14-17(11(9)16-7)8-2-4-13-5-3-8/h2-6H,1H3. The van der Waals surface area contributed by atoms with Gasteiger partial charge in [0.25, 0.3) is 0 Å². The number of hydrogen-bond donors (Lipinski definition) is 0. The molecule has 0 saturated carbocycles. The minimum Gasteiger partial charge on any atom is -0.265 e. The maximum absolute atomic E-state index is 6.05. The molecule has 17 heavy (non-hydrogen) atoms.